The van der Waals surface area contributed by atoms with Gasteiger partial charge in [-0.3, -0.25) is 9.59 Å². The Hall–Kier alpha value is -3.62. The van der Waals surface area contributed by atoms with Crippen molar-refractivity contribution < 1.29 is 37.9 Å². The predicted octanol–water partition coefficient (Wildman–Crippen LogP) is 3.35. The Balaban J connectivity index is 1.89. The summed E-state index contributed by atoms with van der Waals surface area (Å²) in [4.78, 5) is 26.1. The number of rotatable bonds is 18. The summed E-state index contributed by atoms with van der Waals surface area (Å²) in [5.41, 5.74) is 1.56. The maximum atomic E-state index is 12.4. The number of nitrogens with one attached hydrogen (secondary N) is 1. The molecule has 0 spiro atoms. The molecule has 1 N–H and O–H groups in total. The van der Waals surface area contributed by atoms with Crippen molar-refractivity contribution >= 4 is 23.7 Å². The summed E-state index contributed by atoms with van der Waals surface area (Å²) in [6.45, 7) is 3.23. The molecule has 0 aliphatic rings. The Labute approximate surface area is 239 Å². The van der Waals surface area contributed by atoms with E-state index in [1.54, 1.807) is 26.4 Å². The van der Waals surface area contributed by atoms with Crippen molar-refractivity contribution in [3.8, 4) is 23.0 Å². The number of carbonyl (C=O) groups is 2. The molecule has 0 heterocycles. The van der Waals surface area contributed by atoms with Gasteiger partial charge < -0.3 is 28.3 Å². The number of nitrogens with zero attached hydrogens (tertiary/aromatic N) is 1. The van der Waals surface area contributed by atoms with Crippen LogP contribution in [-0.2, 0) is 9.59 Å². The molecule has 0 saturated carbocycles. The van der Waals surface area contributed by atoms with Gasteiger partial charge in [0.1, 0.15) is 0 Å². The van der Waals surface area contributed by atoms with Crippen LogP contribution in [0.15, 0.2) is 48.6 Å². The van der Waals surface area contributed by atoms with Gasteiger partial charge in [-0.15, -0.1) is 0 Å². The summed E-state index contributed by atoms with van der Waals surface area (Å²) in [5.74, 6) is 1.96. The third-order valence-electron chi connectivity index (χ3n) is 5.96. The Morgan fingerprint density at radius 1 is 0.750 bits per heavy atom. The first-order chi connectivity index (χ1) is 19.0. The molecular formula is C32H46N2O6+2. The molecule has 2 aromatic carbocycles. The van der Waals surface area contributed by atoms with Gasteiger partial charge in [-0.1, -0.05) is 24.3 Å². The van der Waals surface area contributed by atoms with E-state index in [9.17, 15) is 9.59 Å². The van der Waals surface area contributed by atoms with Crippen molar-refractivity contribution in [2.45, 2.75) is 19.3 Å². The first kappa shape index (κ1) is 32.6. The molecule has 8 heteroatoms. The lowest BCUT2D eigenvalue weighted by Crippen LogP contribution is -3.05. The van der Waals surface area contributed by atoms with Crippen LogP contribution in [0.5, 0.6) is 23.0 Å². The molecule has 2 aromatic rings. The van der Waals surface area contributed by atoms with Gasteiger partial charge >= 0.3 is 0 Å². The normalized spacial score (nSPS) is 11.8. The second kappa shape index (κ2) is 16.5. The molecular weight excluding hydrogens is 508 g/mol. The zero-order valence-corrected chi connectivity index (χ0v) is 25.1. The quantitative estimate of drug-likeness (QED) is 0.132. The number of allylic oxidation sites excluding steroid dienone is 2. The number of hydrogen-bond donors (Lipinski definition) is 1. The van der Waals surface area contributed by atoms with E-state index in [1.165, 1.54) is 17.1 Å². The van der Waals surface area contributed by atoms with Crippen molar-refractivity contribution in [3.63, 3.8) is 0 Å². The topological polar surface area (TPSA) is 75.5 Å². The number of hydrogen-bond acceptors (Lipinski definition) is 6. The average Bonchev–Trinajstić information content (AvgIpc) is 2.91. The highest BCUT2D eigenvalue weighted by atomic mass is 16.5. The number of ketones is 2. The van der Waals surface area contributed by atoms with Gasteiger partial charge in [0.2, 0.25) is 0 Å². The summed E-state index contributed by atoms with van der Waals surface area (Å²) in [6.07, 6.45) is 7.82. The zero-order chi connectivity index (χ0) is 29.5. The SMILES string of the molecule is COc1cc(/C=C/C(=O)CC(=O)/C=C/c2ccc(OCCC[N+](C)(C)C)c(OC)c2)ccc1OCCC[NH+](C)C. The van der Waals surface area contributed by atoms with E-state index in [2.05, 4.69) is 35.2 Å². The van der Waals surface area contributed by atoms with E-state index in [1.807, 2.05) is 36.4 Å². The highest BCUT2D eigenvalue weighted by Gasteiger charge is 2.10. The van der Waals surface area contributed by atoms with Crippen LogP contribution in [0.1, 0.15) is 30.4 Å². The molecule has 0 aliphatic heterocycles. The number of ether oxygens (including phenoxy) is 4. The molecule has 0 aliphatic carbocycles. The van der Waals surface area contributed by atoms with Gasteiger partial charge in [-0.25, -0.2) is 0 Å². The van der Waals surface area contributed by atoms with Crippen LogP contribution in [0.3, 0.4) is 0 Å². The number of benzene rings is 2. The Morgan fingerprint density at radius 3 is 1.65 bits per heavy atom. The fourth-order valence-electron chi connectivity index (χ4n) is 3.81. The minimum atomic E-state index is -0.282. The summed E-state index contributed by atoms with van der Waals surface area (Å²) < 4.78 is 23.5. The highest BCUT2D eigenvalue weighted by molar-refractivity contribution is 6.10. The smallest absolute Gasteiger partial charge is 0.163 e. The monoisotopic (exact) mass is 554 g/mol. The van der Waals surface area contributed by atoms with Crippen LogP contribution in [0.25, 0.3) is 12.2 Å². The van der Waals surface area contributed by atoms with Crippen LogP contribution in [0.2, 0.25) is 0 Å². The number of carbonyl (C=O) groups excluding carboxylic acids is 2. The van der Waals surface area contributed by atoms with Crippen molar-refractivity contribution in [1.29, 1.82) is 0 Å². The summed E-state index contributed by atoms with van der Waals surface area (Å²) in [6, 6.07) is 11.0. The second-order valence-electron chi connectivity index (χ2n) is 11.0. The maximum Gasteiger partial charge on any atom is 0.163 e. The zero-order valence-electron chi connectivity index (χ0n) is 25.1. The molecule has 8 nitrogen and oxygen atoms in total. The molecule has 0 unspecified atom stereocenters. The molecule has 0 saturated heterocycles. The van der Waals surface area contributed by atoms with E-state index in [-0.39, 0.29) is 18.0 Å². The van der Waals surface area contributed by atoms with E-state index in [0.717, 1.165) is 41.5 Å². The minimum Gasteiger partial charge on any atom is -0.493 e. The molecule has 40 heavy (non-hydrogen) atoms. The molecule has 218 valence electrons. The van der Waals surface area contributed by atoms with Crippen LogP contribution >= 0.6 is 0 Å². The largest absolute Gasteiger partial charge is 0.493 e. The fourth-order valence-corrected chi connectivity index (χ4v) is 3.81. The lowest BCUT2D eigenvalue weighted by Gasteiger charge is -2.23. The number of methoxy groups -OCH3 is 2. The molecule has 0 atom stereocenters. The standard InChI is InChI=1S/C32H45N2O6/c1-33(2)18-8-20-39-29-16-12-25(22-31(29)37-6)10-14-27(35)24-28(36)15-11-26-13-17-30(32(23-26)38-7)40-21-9-19-34(3,4)5/h10-17,22-23H,8-9,18-21,24H2,1-7H3/q+1/p+1/b14-10+,15-11+. The average molecular weight is 555 g/mol. The van der Waals surface area contributed by atoms with Crippen molar-refractivity contribution in [1.82, 2.24) is 0 Å². The van der Waals surface area contributed by atoms with Gasteiger partial charge in [0, 0.05) is 12.8 Å². The molecule has 0 amide bonds. The minimum absolute atomic E-state index is 0.218. The van der Waals surface area contributed by atoms with Gasteiger partial charge in [0.15, 0.2) is 34.6 Å². The second-order valence-corrected chi connectivity index (χ2v) is 11.0. The van der Waals surface area contributed by atoms with Crippen LogP contribution in [0, 0.1) is 0 Å². The van der Waals surface area contributed by atoms with Crippen molar-refractivity contribution in [2.75, 3.05) is 75.8 Å². The molecule has 2 rings (SSSR count). The van der Waals surface area contributed by atoms with Gasteiger partial charge in [-0.05, 0) is 47.5 Å². The lowest BCUT2D eigenvalue weighted by molar-refractivity contribution is -0.870. The third-order valence-corrected chi connectivity index (χ3v) is 5.96. The maximum absolute atomic E-state index is 12.4. The van der Waals surface area contributed by atoms with Crippen LogP contribution in [-0.4, -0.2) is 91.8 Å². The summed E-state index contributed by atoms with van der Waals surface area (Å²) in [5, 5.41) is 0. The van der Waals surface area contributed by atoms with E-state index in [0.29, 0.717) is 36.2 Å². The highest BCUT2D eigenvalue weighted by Crippen LogP contribution is 2.29. The predicted molar refractivity (Wildman–Crippen MR) is 159 cm³/mol. The fraction of sp³-hybridized carbons (Fsp3) is 0.438. The van der Waals surface area contributed by atoms with Crippen molar-refractivity contribution in [2.24, 2.45) is 0 Å². The Morgan fingerprint density at radius 2 is 1.23 bits per heavy atom. The first-order valence-electron chi connectivity index (χ1n) is 13.6. The van der Waals surface area contributed by atoms with Crippen LogP contribution in [0.4, 0.5) is 0 Å². The molecule has 0 radical (unpaired) electrons. The van der Waals surface area contributed by atoms with Gasteiger partial charge in [0.25, 0.3) is 0 Å². The van der Waals surface area contributed by atoms with Crippen molar-refractivity contribution in [3.05, 3.63) is 59.7 Å². The van der Waals surface area contributed by atoms with Crippen LogP contribution < -0.4 is 23.8 Å². The molecule has 0 fully saturated rings. The third kappa shape index (κ3) is 12.5. The Kier molecular flexibility index (Phi) is 13.4. The molecule has 0 aromatic heterocycles. The lowest BCUT2D eigenvalue weighted by atomic mass is 10.1. The van der Waals surface area contributed by atoms with Gasteiger partial charge in [0.05, 0.1) is 82.2 Å². The number of quaternary nitrogens is 2. The van der Waals surface area contributed by atoms with E-state index >= 15 is 0 Å². The first-order valence-corrected chi connectivity index (χ1v) is 13.6. The van der Waals surface area contributed by atoms with Gasteiger partial charge in [-0.2, -0.15) is 0 Å². The summed E-state index contributed by atoms with van der Waals surface area (Å²) in [7, 11) is 13.8. The Bertz CT molecular complexity index is 1160. The molecule has 0 bridgehead atoms. The van der Waals surface area contributed by atoms with E-state index < -0.39 is 0 Å². The van der Waals surface area contributed by atoms with E-state index in [4.69, 9.17) is 18.9 Å². The summed E-state index contributed by atoms with van der Waals surface area (Å²) >= 11 is 0.